The van der Waals surface area contributed by atoms with Gasteiger partial charge in [-0.15, -0.1) is 10.2 Å². The van der Waals surface area contributed by atoms with Crippen molar-refractivity contribution in [1.82, 2.24) is 10.2 Å². The number of rotatable bonds is 7. The monoisotopic (exact) mass is 420 g/mol. The highest BCUT2D eigenvalue weighted by molar-refractivity contribution is 6.72. The van der Waals surface area contributed by atoms with Crippen LogP contribution in [0.25, 0.3) is 0 Å². The van der Waals surface area contributed by atoms with Crippen molar-refractivity contribution in [2.24, 2.45) is 5.92 Å². The molecule has 0 amide bonds. The van der Waals surface area contributed by atoms with E-state index in [4.69, 9.17) is 16.0 Å². The molecule has 0 saturated heterocycles. The highest BCUT2D eigenvalue weighted by Crippen LogP contribution is 2.45. The lowest BCUT2D eigenvalue weighted by Crippen LogP contribution is -2.41. The molecular weight excluding hydrogens is 392 g/mol. The third kappa shape index (κ3) is 4.74. The molecular formula is C20H29ClN4O2Si. The van der Waals surface area contributed by atoms with Crippen LogP contribution in [0.2, 0.25) is 23.2 Å². The summed E-state index contributed by atoms with van der Waals surface area (Å²) >= 11 is 6.34. The highest BCUT2D eigenvalue weighted by atomic mass is 35.5. The van der Waals surface area contributed by atoms with E-state index in [9.17, 15) is 10.1 Å². The number of nitrogens with one attached hydrogen (secondary N) is 1. The maximum atomic E-state index is 10.7. The predicted molar refractivity (Wildman–Crippen MR) is 114 cm³/mol. The first-order valence-electron chi connectivity index (χ1n) is 9.35. The molecule has 0 aliphatic carbocycles. The fraction of sp³-hybridized carbons (Fsp3) is 0.550. The fourth-order valence-corrected chi connectivity index (χ4v) is 4.18. The number of hydrogen-bond donors (Lipinski definition) is 2. The lowest BCUT2D eigenvalue weighted by Gasteiger charge is -2.38. The number of nitrogens with zero attached hydrogens (tertiary/aromatic N) is 3. The minimum atomic E-state index is -2.37. The third-order valence-corrected chi connectivity index (χ3v) is 9.69. The van der Waals surface area contributed by atoms with Crippen LogP contribution in [0.15, 0.2) is 16.5 Å². The van der Waals surface area contributed by atoms with E-state index in [-0.39, 0.29) is 17.0 Å². The first kappa shape index (κ1) is 22.4. The summed E-state index contributed by atoms with van der Waals surface area (Å²) in [5, 5.41) is 21.1. The van der Waals surface area contributed by atoms with Gasteiger partial charge in [-0.1, -0.05) is 32.4 Å². The molecule has 1 aromatic carbocycles. The average Bonchev–Trinajstić information content (AvgIpc) is 3.00. The van der Waals surface area contributed by atoms with E-state index in [0.29, 0.717) is 22.4 Å². The van der Waals surface area contributed by atoms with E-state index in [1.165, 1.54) is 0 Å². The van der Waals surface area contributed by atoms with Crippen LogP contribution in [0.4, 0.5) is 5.69 Å². The van der Waals surface area contributed by atoms with Crippen molar-refractivity contribution in [3.05, 3.63) is 40.1 Å². The maximum absolute atomic E-state index is 10.7. The van der Waals surface area contributed by atoms with Crippen molar-refractivity contribution in [3.63, 3.8) is 0 Å². The van der Waals surface area contributed by atoms with Crippen molar-refractivity contribution in [2.75, 3.05) is 5.32 Å². The molecule has 0 aliphatic rings. The van der Waals surface area contributed by atoms with Crippen molar-refractivity contribution in [1.29, 1.82) is 5.26 Å². The number of aromatic nitrogens is 2. The zero-order valence-electron chi connectivity index (χ0n) is 17.6. The molecule has 0 bridgehead atoms. The zero-order valence-corrected chi connectivity index (χ0v) is 19.3. The van der Waals surface area contributed by atoms with Gasteiger partial charge in [0.05, 0.1) is 10.6 Å². The third-order valence-electron chi connectivity index (χ3n) is 5.68. The molecule has 2 N–H and O–H groups in total. The Balaban J connectivity index is 2.39. The molecule has 2 aromatic rings. The standard InChI is InChI=1S/C20H29ClN4O2Si/c1-12(10-20(4,5)28(6,7)26)18(19-25-24-14(3)27-19)23-16-9-8-15(11-22)17(21)13(16)2/h8-9,12,18,23,26H,10H2,1-7H3/t12-,18-/m1/s1. The van der Waals surface area contributed by atoms with Crippen molar-refractivity contribution in [3.8, 4) is 6.07 Å². The Kier molecular flexibility index (Phi) is 6.59. The smallest absolute Gasteiger partial charge is 0.238 e. The molecule has 0 fully saturated rings. The number of aryl methyl sites for hydroxylation is 1. The number of hydrogen-bond acceptors (Lipinski definition) is 6. The van der Waals surface area contributed by atoms with Gasteiger partial charge in [0, 0.05) is 12.6 Å². The molecule has 0 radical (unpaired) electrons. The molecule has 28 heavy (non-hydrogen) atoms. The zero-order chi connectivity index (χ0) is 21.3. The summed E-state index contributed by atoms with van der Waals surface area (Å²) in [6.45, 7) is 13.9. The Morgan fingerprint density at radius 3 is 2.46 bits per heavy atom. The number of nitriles is 1. The second-order valence-corrected chi connectivity index (χ2v) is 13.5. The van der Waals surface area contributed by atoms with E-state index in [1.807, 2.05) is 26.1 Å². The van der Waals surface area contributed by atoms with Gasteiger partial charge in [-0.3, -0.25) is 0 Å². The second-order valence-electron chi connectivity index (χ2n) is 8.62. The molecule has 152 valence electrons. The summed E-state index contributed by atoms with van der Waals surface area (Å²) in [5.74, 6) is 1.10. The molecule has 2 atom stereocenters. The van der Waals surface area contributed by atoms with Crippen LogP contribution >= 0.6 is 11.6 Å². The molecule has 2 rings (SSSR count). The van der Waals surface area contributed by atoms with Crippen molar-refractivity contribution < 1.29 is 9.21 Å². The van der Waals surface area contributed by atoms with E-state index < -0.39 is 8.32 Å². The fourth-order valence-electron chi connectivity index (χ4n) is 3.15. The van der Waals surface area contributed by atoms with Gasteiger partial charge >= 0.3 is 0 Å². The van der Waals surface area contributed by atoms with Gasteiger partial charge in [-0.05, 0) is 55.1 Å². The number of anilines is 1. The first-order chi connectivity index (χ1) is 12.9. The van der Waals surface area contributed by atoms with Gasteiger partial charge in [0.1, 0.15) is 12.1 Å². The number of benzene rings is 1. The summed E-state index contributed by atoms with van der Waals surface area (Å²) in [4.78, 5) is 10.7. The molecule has 1 heterocycles. The van der Waals surface area contributed by atoms with Crippen LogP contribution in [0.5, 0.6) is 0 Å². The maximum Gasteiger partial charge on any atom is 0.238 e. The lowest BCUT2D eigenvalue weighted by atomic mass is 9.90. The molecule has 1 aromatic heterocycles. The topological polar surface area (TPSA) is 95.0 Å². The van der Waals surface area contributed by atoms with Crippen LogP contribution < -0.4 is 5.32 Å². The molecule has 6 nitrogen and oxygen atoms in total. The van der Waals surface area contributed by atoms with Gasteiger partial charge < -0.3 is 14.5 Å². The normalized spacial score (nSPS) is 14.4. The van der Waals surface area contributed by atoms with Gasteiger partial charge in [-0.2, -0.15) is 5.26 Å². The number of halogens is 1. The van der Waals surface area contributed by atoms with Crippen molar-refractivity contribution >= 4 is 25.6 Å². The van der Waals surface area contributed by atoms with Crippen molar-refractivity contribution in [2.45, 2.75) is 65.2 Å². The summed E-state index contributed by atoms with van der Waals surface area (Å²) < 4.78 is 5.73. The Hall–Kier alpha value is -1.88. The Morgan fingerprint density at radius 2 is 1.96 bits per heavy atom. The molecule has 0 spiro atoms. The second kappa shape index (κ2) is 8.24. The van der Waals surface area contributed by atoms with Gasteiger partial charge in [0.25, 0.3) is 0 Å². The minimum Gasteiger partial charge on any atom is -0.432 e. The van der Waals surface area contributed by atoms with Crippen LogP contribution in [-0.4, -0.2) is 23.3 Å². The van der Waals surface area contributed by atoms with E-state index in [0.717, 1.165) is 17.7 Å². The highest BCUT2D eigenvalue weighted by Gasteiger charge is 2.41. The largest absolute Gasteiger partial charge is 0.432 e. The molecule has 0 unspecified atom stereocenters. The summed E-state index contributed by atoms with van der Waals surface area (Å²) in [5.41, 5.74) is 2.05. The van der Waals surface area contributed by atoms with E-state index >= 15 is 0 Å². The van der Waals surface area contributed by atoms with Crippen LogP contribution in [0.1, 0.15) is 56.1 Å². The lowest BCUT2D eigenvalue weighted by molar-refractivity contribution is 0.324. The van der Waals surface area contributed by atoms with Crippen LogP contribution in [-0.2, 0) is 0 Å². The SMILES string of the molecule is Cc1nnc([C@H](Nc2ccc(C#N)c(Cl)c2C)[C@H](C)CC(C)(C)[Si](C)(C)O)o1. The summed E-state index contributed by atoms with van der Waals surface area (Å²) in [6.07, 6.45) is 0.783. The average molecular weight is 421 g/mol. The molecule has 8 heteroatoms. The first-order valence-corrected chi connectivity index (χ1v) is 12.7. The summed E-state index contributed by atoms with van der Waals surface area (Å²) in [6, 6.07) is 5.39. The molecule has 0 aliphatic heterocycles. The van der Waals surface area contributed by atoms with Crippen LogP contribution in [0, 0.1) is 31.1 Å². The van der Waals surface area contributed by atoms with Gasteiger partial charge in [0.15, 0.2) is 8.32 Å². The van der Waals surface area contributed by atoms with Gasteiger partial charge in [0.2, 0.25) is 11.8 Å². The minimum absolute atomic E-state index is 0.0996. The Morgan fingerprint density at radius 1 is 1.32 bits per heavy atom. The quantitative estimate of drug-likeness (QED) is 0.584. The van der Waals surface area contributed by atoms with Crippen LogP contribution in [0.3, 0.4) is 0 Å². The Labute approximate surface area is 173 Å². The molecule has 0 saturated carbocycles. The predicted octanol–water partition coefficient (Wildman–Crippen LogP) is 5.37. The summed E-state index contributed by atoms with van der Waals surface area (Å²) in [7, 11) is -2.37. The Bertz CT molecular complexity index is 883. The van der Waals surface area contributed by atoms with E-state index in [2.05, 4.69) is 42.4 Å². The van der Waals surface area contributed by atoms with E-state index in [1.54, 1.807) is 13.0 Å². The van der Waals surface area contributed by atoms with Gasteiger partial charge in [-0.25, -0.2) is 0 Å².